The predicted octanol–water partition coefficient (Wildman–Crippen LogP) is 3.09. The Hall–Kier alpha value is -2.60. The molecule has 2 aliphatic rings. The molecular weight excluding hydrogens is 364 g/mol. The van der Waals surface area contributed by atoms with Gasteiger partial charge in [0.05, 0.1) is 0 Å². The van der Waals surface area contributed by atoms with E-state index in [4.69, 9.17) is 16.3 Å². The number of piperidine rings is 1. The summed E-state index contributed by atoms with van der Waals surface area (Å²) < 4.78 is 7.90. The first-order chi connectivity index (χ1) is 13.2. The second kappa shape index (κ2) is 6.53. The molecule has 1 saturated heterocycles. The van der Waals surface area contributed by atoms with E-state index >= 15 is 0 Å². The molecule has 1 fully saturated rings. The number of pyridine rings is 1. The van der Waals surface area contributed by atoms with Crippen molar-refractivity contribution in [1.82, 2.24) is 19.5 Å². The quantitative estimate of drug-likeness (QED) is 0.683. The number of amides is 1. The number of nitrogens with zero attached hydrogens (tertiary/aromatic N) is 4. The average Bonchev–Trinajstić information content (AvgIpc) is 3.31. The molecule has 2 aromatic heterocycles. The van der Waals surface area contributed by atoms with E-state index in [1.165, 1.54) is 0 Å². The largest absolute Gasteiger partial charge is 0.480 e. The van der Waals surface area contributed by atoms with E-state index < -0.39 is 6.10 Å². The summed E-state index contributed by atoms with van der Waals surface area (Å²) in [6.45, 7) is 1.42. The summed E-state index contributed by atoms with van der Waals surface area (Å²) in [5.74, 6) is 2.12. The highest BCUT2D eigenvalue weighted by Gasteiger charge is 2.35. The lowest BCUT2D eigenvalue weighted by atomic mass is 9.95. The summed E-state index contributed by atoms with van der Waals surface area (Å²) in [7, 11) is 0. The molecule has 0 N–H and O–H groups in total. The number of likely N-dealkylation sites (tertiary alicyclic amines) is 1. The predicted molar refractivity (Wildman–Crippen MR) is 101 cm³/mol. The number of ether oxygens (including phenoxy) is 1. The van der Waals surface area contributed by atoms with Crippen molar-refractivity contribution in [1.29, 1.82) is 0 Å². The first-order valence-corrected chi connectivity index (χ1v) is 9.60. The maximum Gasteiger partial charge on any atom is 0.263 e. The van der Waals surface area contributed by atoms with Crippen LogP contribution in [0.5, 0.6) is 5.75 Å². The van der Waals surface area contributed by atoms with Gasteiger partial charge in [0, 0.05) is 36.6 Å². The van der Waals surface area contributed by atoms with Crippen LogP contribution >= 0.6 is 11.6 Å². The minimum Gasteiger partial charge on any atom is -0.480 e. The topological polar surface area (TPSA) is 59.7 Å². The third-order valence-electron chi connectivity index (χ3n) is 5.48. The lowest BCUT2D eigenvalue weighted by Gasteiger charge is -2.32. The van der Waals surface area contributed by atoms with E-state index in [-0.39, 0.29) is 5.91 Å². The third kappa shape index (κ3) is 2.94. The number of benzene rings is 1. The summed E-state index contributed by atoms with van der Waals surface area (Å²) >= 11 is 6.04. The van der Waals surface area contributed by atoms with E-state index in [1.807, 2.05) is 45.8 Å². The third-order valence-corrected chi connectivity index (χ3v) is 5.72. The van der Waals surface area contributed by atoms with Crippen LogP contribution in [0.2, 0.25) is 5.02 Å². The number of carbonyl (C=O) groups excluding carboxylic acids is 1. The van der Waals surface area contributed by atoms with Gasteiger partial charge in [-0.2, -0.15) is 0 Å². The summed E-state index contributed by atoms with van der Waals surface area (Å²) in [5, 5.41) is 9.29. The lowest BCUT2D eigenvalue weighted by molar-refractivity contribution is -0.139. The number of hydrogen-bond acceptors (Lipinski definition) is 4. The first kappa shape index (κ1) is 16.6. The zero-order valence-corrected chi connectivity index (χ0v) is 15.5. The lowest BCUT2D eigenvalue weighted by Crippen LogP contribution is -2.45. The van der Waals surface area contributed by atoms with Gasteiger partial charge in [-0.15, -0.1) is 10.2 Å². The normalized spacial score (nSPS) is 19.9. The molecule has 0 saturated carbocycles. The van der Waals surface area contributed by atoms with Crippen LogP contribution in [0, 0.1) is 0 Å². The van der Waals surface area contributed by atoms with Gasteiger partial charge in [-0.1, -0.05) is 17.7 Å². The number of carbonyl (C=O) groups is 1. The van der Waals surface area contributed by atoms with E-state index in [2.05, 4.69) is 10.2 Å². The van der Waals surface area contributed by atoms with Crippen molar-refractivity contribution >= 4 is 23.2 Å². The molecule has 3 aromatic rings. The van der Waals surface area contributed by atoms with Gasteiger partial charge in [0.25, 0.3) is 5.91 Å². The van der Waals surface area contributed by atoms with Crippen LogP contribution in [0.4, 0.5) is 0 Å². The Kier molecular flexibility index (Phi) is 4.01. The first-order valence-electron chi connectivity index (χ1n) is 9.22. The molecule has 0 bridgehead atoms. The van der Waals surface area contributed by atoms with Gasteiger partial charge in [0.2, 0.25) is 0 Å². The van der Waals surface area contributed by atoms with Gasteiger partial charge in [-0.05, 0) is 48.7 Å². The highest BCUT2D eigenvalue weighted by molar-refractivity contribution is 6.30. The van der Waals surface area contributed by atoms with Crippen LogP contribution in [0.15, 0.2) is 42.6 Å². The van der Waals surface area contributed by atoms with Gasteiger partial charge in [0.1, 0.15) is 11.6 Å². The molecule has 0 aliphatic carbocycles. The van der Waals surface area contributed by atoms with Gasteiger partial charge in [-0.3, -0.25) is 9.20 Å². The second-order valence-corrected chi connectivity index (χ2v) is 7.59. The van der Waals surface area contributed by atoms with Crippen molar-refractivity contribution in [3.05, 3.63) is 59.0 Å². The highest BCUT2D eigenvalue weighted by Crippen LogP contribution is 2.33. The Labute approximate surface area is 161 Å². The van der Waals surface area contributed by atoms with Gasteiger partial charge in [0.15, 0.2) is 11.8 Å². The van der Waals surface area contributed by atoms with Crippen molar-refractivity contribution < 1.29 is 9.53 Å². The summed E-state index contributed by atoms with van der Waals surface area (Å²) in [6, 6.07) is 11.4. The molecule has 138 valence electrons. The van der Waals surface area contributed by atoms with E-state index in [0.29, 0.717) is 30.5 Å². The fourth-order valence-electron chi connectivity index (χ4n) is 4.05. The van der Waals surface area contributed by atoms with Crippen LogP contribution in [-0.4, -0.2) is 44.6 Å². The monoisotopic (exact) mass is 382 g/mol. The zero-order valence-electron chi connectivity index (χ0n) is 14.7. The molecule has 6 nitrogen and oxygen atoms in total. The van der Waals surface area contributed by atoms with Gasteiger partial charge >= 0.3 is 0 Å². The fourth-order valence-corrected chi connectivity index (χ4v) is 4.25. The molecule has 4 heterocycles. The van der Waals surface area contributed by atoms with Crippen LogP contribution in [0.1, 0.15) is 30.1 Å². The molecular formula is C20H19ClN4O2. The Morgan fingerprint density at radius 1 is 1.15 bits per heavy atom. The van der Waals surface area contributed by atoms with Crippen LogP contribution in [0.25, 0.3) is 5.65 Å². The zero-order chi connectivity index (χ0) is 18.4. The standard InChI is InChI=1S/C20H19ClN4O2/c21-15-4-5-16-14(11-15)12-17(27-16)20(26)24-9-6-13(7-10-24)19-23-22-18-3-1-2-8-25(18)19/h1-5,8,11,13,17H,6-7,9-10,12H2/t17-/m0/s1. The van der Waals surface area contributed by atoms with Crippen molar-refractivity contribution in [2.24, 2.45) is 0 Å². The molecule has 0 unspecified atom stereocenters. The number of hydrogen-bond donors (Lipinski definition) is 0. The number of halogens is 1. The summed E-state index contributed by atoms with van der Waals surface area (Å²) in [6.07, 6.45) is 3.91. The fraction of sp³-hybridized carbons (Fsp3) is 0.350. The molecule has 27 heavy (non-hydrogen) atoms. The number of fused-ring (bicyclic) bond motifs is 2. The van der Waals surface area contributed by atoms with E-state index in [0.717, 1.165) is 35.6 Å². The number of aromatic nitrogens is 3. The van der Waals surface area contributed by atoms with E-state index in [9.17, 15) is 4.79 Å². The second-order valence-electron chi connectivity index (χ2n) is 7.15. The Morgan fingerprint density at radius 2 is 2.00 bits per heavy atom. The number of rotatable bonds is 2. The molecule has 1 aromatic carbocycles. The maximum atomic E-state index is 12.9. The van der Waals surface area contributed by atoms with Crippen molar-refractivity contribution in [2.45, 2.75) is 31.3 Å². The minimum atomic E-state index is -0.441. The SMILES string of the molecule is O=C([C@@H]1Cc2cc(Cl)ccc2O1)N1CCC(c2nnc3ccccn23)CC1. The average molecular weight is 383 g/mol. The van der Waals surface area contributed by atoms with Gasteiger partial charge < -0.3 is 9.64 Å². The minimum absolute atomic E-state index is 0.0619. The Bertz CT molecular complexity index is 1010. The smallest absolute Gasteiger partial charge is 0.263 e. The van der Waals surface area contributed by atoms with Crippen molar-refractivity contribution in [2.75, 3.05) is 13.1 Å². The summed E-state index contributed by atoms with van der Waals surface area (Å²) in [5.41, 5.74) is 1.87. The van der Waals surface area contributed by atoms with Crippen LogP contribution in [0.3, 0.4) is 0 Å². The maximum absolute atomic E-state index is 12.9. The van der Waals surface area contributed by atoms with Crippen LogP contribution in [-0.2, 0) is 11.2 Å². The van der Waals surface area contributed by atoms with E-state index in [1.54, 1.807) is 6.07 Å². The highest BCUT2D eigenvalue weighted by atomic mass is 35.5. The molecule has 7 heteroatoms. The van der Waals surface area contributed by atoms with Crippen molar-refractivity contribution in [3.63, 3.8) is 0 Å². The molecule has 2 aliphatic heterocycles. The van der Waals surface area contributed by atoms with Crippen LogP contribution < -0.4 is 4.74 Å². The Balaban J connectivity index is 1.25. The molecule has 0 spiro atoms. The van der Waals surface area contributed by atoms with Crippen molar-refractivity contribution in [3.8, 4) is 5.75 Å². The molecule has 1 amide bonds. The Morgan fingerprint density at radius 3 is 2.85 bits per heavy atom. The van der Waals surface area contributed by atoms with Gasteiger partial charge in [-0.25, -0.2) is 0 Å². The molecule has 1 atom stereocenters. The summed E-state index contributed by atoms with van der Waals surface area (Å²) in [4.78, 5) is 14.8. The molecule has 5 rings (SSSR count). The molecule has 0 radical (unpaired) electrons.